The van der Waals surface area contributed by atoms with Crippen LogP contribution in [0.3, 0.4) is 0 Å². The summed E-state index contributed by atoms with van der Waals surface area (Å²) in [6.07, 6.45) is 8.84. The smallest absolute Gasteiger partial charge is 0.150 e. The lowest BCUT2D eigenvalue weighted by Crippen LogP contribution is -2.34. The van der Waals surface area contributed by atoms with Crippen molar-refractivity contribution in [1.82, 2.24) is 4.90 Å². The van der Waals surface area contributed by atoms with Crippen LogP contribution >= 0.6 is 0 Å². The summed E-state index contributed by atoms with van der Waals surface area (Å²) in [5.74, 6) is 1.09. The fourth-order valence-electron chi connectivity index (χ4n) is 5.13. The van der Waals surface area contributed by atoms with Crippen molar-refractivity contribution in [1.29, 1.82) is 0 Å². The van der Waals surface area contributed by atoms with Gasteiger partial charge in [-0.05, 0) is 80.4 Å². The van der Waals surface area contributed by atoms with Gasteiger partial charge in [-0.3, -0.25) is 4.79 Å². The molecule has 0 fully saturated rings. The first-order chi connectivity index (χ1) is 19.1. The molecule has 3 atom stereocenters. The van der Waals surface area contributed by atoms with Crippen LogP contribution in [0.5, 0.6) is 5.75 Å². The van der Waals surface area contributed by atoms with Gasteiger partial charge in [0.1, 0.15) is 23.7 Å². The summed E-state index contributed by atoms with van der Waals surface area (Å²) in [5, 5.41) is 0. The molecule has 0 spiro atoms. The summed E-state index contributed by atoms with van der Waals surface area (Å²) in [7, 11) is 0. The average molecular weight is 556 g/mol. The molecule has 0 bridgehead atoms. The van der Waals surface area contributed by atoms with Gasteiger partial charge in [0.2, 0.25) is 0 Å². The Bertz CT molecular complexity index is 1090. The Morgan fingerprint density at radius 1 is 1.18 bits per heavy atom. The lowest BCUT2D eigenvalue weighted by Gasteiger charge is -2.36. The third-order valence-corrected chi connectivity index (χ3v) is 7.35. The van der Waals surface area contributed by atoms with E-state index in [4.69, 9.17) is 15.2 Å². The number of rotatable bonds is 17. The van der Waals surface area contributed by atoms with Crippen LogP contribution in [-0.2, 0) is 4.74 Å². The summed E-state index contributed by atoms with van der Waals surface area (Å²) in [4.78, 5) is 17.9. The van der Waals surface area contributed by atoms with Gasteiger partial charge in [-0.1, -0.05) is 48.1 Å². The third kappa shape index (κ3) is 8.79. The summed E-state index contributed by atoms with van der Waals surface area (Å²) < 4.78 is 27.5. The van der Waals surface area contributed by atoms with Crippen LogP contribution in [0.15, 0.2) is 47.5 Å². The molecule has 0 saturated heterocycles. The first-order valence-electron chi connectivity index (χ1n) is 14.8. The zero-order chi connectivity index (χ0) is 29.8. The second kappa shape index (κ2) is 16.4. The Hall–Kier alpha value is -2.93. The quantitative estimate of drug-likeness (QED) is 0.156. The number of hydrogen-bond donors (Lipinski definition) is 1. The van der Waals surface area contributed by atoms with Crippen molar-refractivity contribution in [3.8, 4) is 5.75 Å². The molecule has 0 saturated carbocycles. The first-order valence-corrected chi connectivity index (χ1v) is 14.8. The van der Waals surface area contributed by atoms with E-state index in [1.807, 2.05) is 24.9 Å². The number of amidine groups is 1. The molecule has 3 unspecified atom stereocenters. The molecule has 6 nitrogen and oxygen atoms in total. The van der Waals surface area contributed by atoms with Gasteiger partial charge in [0.05, 0.1) is 17.9 Å². The van der Waals surface area contributed by atoms with Crippen LogP contribution in [0, 0.1) is 29.5 Å². The van der Waals surface area contributed by atoms with Crippen LogP contribution < -0.4 is 10.5 Å². The van der Waals surface area contributed by atoms with E-state index in [9.17, 15) is 4.79 Å². The number of nitrogens with two attached hydrogens (primary N) is 1. The molecule has 7 heteroatoms. The van der Waals surface area contributed by atoms with Crippen molar-refractivity contribution in [2.24, 2.45) is 34.4 Å². The highest BCUT2D eigenvalue weighted by Gasteiger charge is 2.31. The predicted octanol–water partition coefficient (Wildman–Crippen LogP) is 7.96. The topological polar surface area (TPSA) is 77.1 Å². The van der Waals surface area contributed by atoms with E-state index in [0.717, 1.165) is 51.0 Å². The van der Waals surface area contributed by atoms with E-state index >= 15 is 4.39 Å². The number of allylic oxidation sites excluding steroid dienone is 2. The second-order valence-corrected chi connectivity index (χ2v) is 11.3. The summed E-state index contributed by atoms with van der Waals surface area (Å²) in [6, 6.07) is 2.84. The Kier molecular flexibility index (Phi) is 13.6. The highest BCUT2D eigenvalue weighted by Crippen LogP contribution is 2.41. The SMILES string of the molecule is C=C(C(CCC(C)COCCC)CC(C)C)N1C=CN=C(N)/C1=C(\c1c(F)cc(C=O)cc1OCC)C(C)CC. The molecular formula is C33H50FN3O3. The minimum absolute atomic E-state index is 0.0828. The number of ether oxygens (including phenoxy) is 2. The number of aldehydes is 1. The van der Waals surface area contributed by atoms with Crippen LogP contribution in [0.2, 0.25) is 0 Å². The highest BCUT2D eigenvalue weighted by molar-refractivity contribution is 6.05. The van der Waals surface area contributed by atoms with E-state index < -0.39 is 5.82 Å². The Labute approximate surface area is 241 Å². The monoisotopic (exact) mass is 555 g/mol. The van der Waals surface area contributed by atoms with Crippen LogP contribution in [0.25, 0.3) is 5.57 Å². The van der Waals surface area contributed by atoms with Gasteiger partial charge in [0, 0.05) is 36.9 Å². The predicted molar refractivity (Wildman–Crippen MR) is 164 cm³/mol. The van der Waals surface area contributed by atoms with Gasteiger partial charge < -0.3 is 20.1 Å². The standard InChI is InChI=1S/C33H50FN3O3/c1-9-16-39-21-23(6)12-13-27(17-22(4)5)25(8)37-15-14-36-33(35)32(37)30(24(7)10-2)31-28(34)18-26(20-38)19-29(31)40-11-3/h14-15,18-20,22-24,27H,8-13,16-17,21H2,1-7H3,(H2,35,36)/b32-30+. The minimum Gasteiger partial charge on any atom is -0.493 e. The van der Waals surface area contributed by atoms with Gasteiger partial charge in [0.25, 0.3) is 0 Å². The minimum atomic E-state index is -0.525. The maximum absolute atomic E-state index is 15.8. The second-order valence-electron chi connectivity index (χ2n) is 11.3. The number of carbonyl (C=O) groups is 1. The van der Waals surface area contributed by atoms with Crippen molar-refractivity contribution in [2.75, 3.05) is 19.8 Å². The fourth-order valence-corrected chi connectivity index (χ4v) is 5.13. The van der Waals surface area contributed by atoms with E-state index in [0.29, 0.717) is 53.1 Å². The zero-order valence-electron chi connectivity index (χ0n) is 25.6. The third-order valence-electron chi connectivity index (χ3n) is 7.35. The van der Waals surface area contributed by atoms with Gasteiger partial charge in [-0.15, -0.1) is 0 Å². The fraction of sp³-hybridized carbons (Fsp3) is 0.576. The summed E-state index contributed by atoms with van der Waals surface area (Å²) >= 11 is 0. The molecule has 0 radical (unpaired) electrons. The van der Waals surface area contributed by atoms with Gasteiger partial charge in [0.15, 0.2) is 0 Å². The largest absolute Gasteiger partial charge is 0.493 e. The van der Waals surface area contributed by atoms with Crippen molar-refractivity contribution >= 4 is 17.7 Å². The Morgan fingerprint density at radius 3 is 2.50 bits per heavy atom. The van der Waals surface area contributed by atoms with Crippen LogP contribution in [-0.4, -0.2) is 36.8 Å². The Morgan fingerprint density at radius 2 is 1.90 bits per heavy atom. The number of benzene rings is 1. The molecule has 1 heterocycles. The summed E-state index contributed by atoms with van der Waals surface area (Å²) in [6.45, 7) is 21.1. The molecule has 40 heavy (non-hydrogen) atoms. The van der Waals surface area contributed by atoms with E-state index in [1.54, 1.807) is 12.3 Å². The molecule has 222 valence electrons. The number of carbonyl (C=O) groups excluding carboxylic acids is 1. The molecule has 1 aliphatic heterocycles. The molecule has 2 rings (SSSR count). The van der Waals surface area contributed by atoms with E-state index in [-0.39, 0.29) is 17.4 Å². The van der Waals surface area contributed by atoms with Crippen molar-refractivity contribution in [3.63, 3.8) is 0 Å². The van der Waals surface area contributed by atoms with Crippen molar-refractivity contribution < 1.29 is 18.7 Å². The number of hydrogen-bond acceptors (Lipinski definition) is 6. The lowest BCUT2D eigenvalue weighted by molar-refractivity contribution is 0.0999. The molecule has 1 aromatic rings. The maximum Gasteiger partial charge on any atom is 0.150 e. The number of nitrogens with zero attached hydrogens (tertiary/aromatic N) is 2. The molecule has 1 aromatic carbocycles. The molecule has 0 amide bonds. The molecule has 0 aliphatic carbocycles. The maximum atomic E-state index is 15.8. The van der Waals surface area contributed by atoms with Crippen LogP contribution in [0.4, 0.5) is 4.39 Å². The molecule has 1 aliphatic rings. The zero-order valence-corrected chi connectivity index (χ0v) is 25.6. The summed E-state index contributed by atoms with van der Waals surface area (Å²) in [5.41, 5.74) is 9.33. The normalized spacial score (nSPS) is 16.9. The molecule has 2 N–H and O–H groups in total. The van der Waals surface area contributed by atoms with Crippen molar-refractivity contribution in [3.05, 3.63) is 59.4 Å². The van der Waals surface area contributed by atoms with Crippen LogP contribution in [0.1, 0.15) is 96.5 Å². The first kappa shape index (κ1) is 33.3. The number of halogens is 1. The van der Waals surface area contributed by atoms with Gasteiger partial charge >= 0.3 is 0 Å². The average Bonchev–Trinajstić information content (AvgIpc) is 2.92. The lowest BCUT2D eigenvalue weighted by atomic mass is 9.85. The van der Waals surface area contributed by atoms with E-state index in [2.05, 4.69) is 46.2 Å². The van der Waals surface area contributed by atoms with Crippen molar-refractivity contribution in [2.45, 2.75) is 80.6 Å². The van der Waals surface area contributed by atoms with E-state index in [1.165, 1.54) is 6.07 Å². The van der Waals surface area contributed by atoms with Gasteiger partial charge in [-0.25, -0.2) is 9.38 Å². The Balaban J connectivity index is 2.63. The number of aliphatic imine (C=N–C) groups is 1. The molecular weight excluding hydrogens is 505 g/mol. The molecule has 0 aromatic heterocycles. The highest BCUT2D eigenvalue weighted by atomic mass is 19.1. The van der Waals surface area contributed by atoms with Gasteiger partial charge in [-0.2, -0.15) is 0 Å².